The van der Waals surface area contributed by atoms with Crippen LogP contribution in [0.4, 0.5) is 4.79 Å². The minimum atomic E-state index is -0.910. The molecule has 0 fully saturated rings. The number of hydrogen-bond acceptors (Lipinski definition) is 5. The van der Waals surface area contributed by atoms with E-state index in [9.17, 15) is 14.7 Å². The van der Waals surface area contributed by atoms with E-state index in [0.29, 0.717) is 13.0 Å². The number of guanidine groups is 1. The Morgan fingerprint density at radius 3 is 2.29 bits per heavy atom. The largest absolute Gasteiger partial charge is 0.508 e. The van der Waals surface area contributed by atoms with Crippen molar-refractivity contribution in [1.82, 2.24) is 10.2 Å². The number of primary amides is 1. The first-order chi connectivity index (χ1) is 12.9. The number of carbonyl (C=O) groups excluding carboxylic acids is 2. The molecular weight excluding hydrogens is 362 g/mol. The average molecular weight is 393 g/mol. The molecule has 2 atom stereocenters. The molecule has 156 valence electrons. The quantitative estimate of drug-likeness (QED) is 0.258. The summed E-state index contributed by atoms with van der Waals surface area (Å²) in [6.07, 6.45) is 0.0860. The summed E-state index contributed by atoms with van der Waals surface area (Å²) in [6, 6.07) is 4.94. The molecule has 0 aliphatic heterocycles. The lowest BCUT2D eigenvalue weighted by Gasteiger charge is -2.36. The summed E-state index contributed by atoms with van der Waals surface area (Å²) >= 11 is 0. The fourth-order valence-electron chi connectivity index (χ4n) is 2.72. The van der Waals surface area contributed by atoms with Gasteiger partial charge in [0.1, 0.15) is 17.4 Å². The number of ether oxygens (including phenoxy) is 1. The summed E-state index contributed by atoms with van der Waals surface area (Å²) < 4.78 is 5.50. The van der Waals surface area contributed by atoms with Gasteiger partial charge in [-0.3, -0.25) is 15.1 Å². The van der Waals surface area contributed by atoms with Gasteiger partial charge in [-0.25, -0.2) is 4.79 Å². The minimum absolute atomic E-state index is 0.0986. The van der Waals surface area contributed by atoms with Gasteiger partial charge in [-0.15, -0.1) is 0 Å². The molecule has 7 N–H and O–H groups in total. The van der Waals surface area contributed by atoms with Crippen LogP contribution < -0.4 is 16.8 Å². The van der Waals surface area contributed by atoms with E-state index in [1.807, 2.05) is 0 Å². The molecule has 0 aromatic heterocycles. The topological polar surface area (TPSA) is 155 Å². The first kappa shape index (κ1) is 23.1. The van der Waals surface area contributed by atoms with Crippen LogP contribution in [-0.4, -0.2) is 46.2 Å². The Morgan fingerprint density at radius 2 is 1.82 bits per heavy atom. The molecule has 0 aliphatic carbocycles. The number of amides is 2. The Bertz CT molecular complexity index is 685. The molecule has 9 nitrogen and oxygen atoms in total. The Labute approximate surface area is 165 Å². The fraction of sp³-hybridized carbons (Fsp3) is 0.526. The van der Waals surface area contributed by atoms with Crippen LogP contribution in [0.15, 0.2) is 24.3 Å². The van der Waals surface area contributed by atoms with Crippen LogP contribution in [-0.2, 0) is 9.53 Å². The third kappa shape index (κ3) is 7.34. The number of rotatable bonds is 8. The molecule has 0 bridgehead atoms. The first-order valence-corrected chi connectivity index (χ1v) is 9.10. The summed E-state index contributed by atoms with van der Waals surface area (Å²) in [6.45, 7) is 7.36. The van der Waals surface area contributed by atoms with Crippen molar-refractivity contribution in [2.75, 3.05) is 6.54 Å². The molecule has 0 saturated carbocycles. The number of phenolic OH excluding ortho intramolecular Hbond substituents is 1. The van der Waals surface area contributed by atoms with Gasteiger partial charge < -0.3 is 26.6 Å². The summed E-state index contributed by atoms with van der Waals surface area (Å²) in [5.41, 5.74) is 10.8. The van der Waals surface area contributed by atoms with Crippen LogP contribution in [0.2, 0.25) is 0 Å². The van der Waals surface area contributed by atoms with Gasteiger partial charge in [0, 0.05) is 6.54 Å². The van der Waals surface area contributed by atoms with Crippen molar-refractivity contribution >= 4 is 18.0 Å². The zero-order valence-corrected chi connectivity index (χ0v) is 16.9. The van der Waals surface area contributed by atoms with Crippen LogP contribution in [0.1, 0.15) is 52.1 Å². The molecule has 1 rings (SSSR count). The zero-order chi connectivity index (χ0) is 21.5. The highest BCUT2D eigenvalue weighted by molar-refractivity contribution is 5.84. The smallest absolute Gasteiger partial charge is 0.411 e. The number of carbonyl (C=O) groups is 2. The van der Waals surface area contributed by atoms with Gasteiger partial charge >= 0.3 is 6.09 Å². The van der Waals surface area contributed by atoms with Crippen LogP contribution >= 0.6 is 0 Å². The third-order valence-electron chi connectivity index (χ3n) is 4.03. The Hall–Kier alpha value is -2.97. The Kier molecular flexibility index (Phi) is 8.09. The van der Waals surface area contributed by atoms with Gasteiger partial charge in [0.25, 0.3) is 0 Å². The third-order valence-corrected chi connectivity index (χ3v) is 4.03. The molecule has 28 heavy (non-hydrogen) atoms. The van der Waals surface area contributed by atoms with Gasteiger partial charge in [-0.2, -0.15) is 0 Å². The van der Waals surface area contributed by atoms with E-state index in [2.05, 4.69) is 5.32 Å². The molecular formula is C19H31N5O4. The highest BCUT2D eigenvalue weighted by Gasteiger charge is 2.35. The van der Waals surface area contributed by atoms with E-state index in [0.717, 1.165) is 5.56 Å². The van der Waals surface area contributed by atoms with Crippen molar-refractivity contribution in [1.29, 1.82) is 5.41 Å². The van der Waals surface area contributed by atoms with Crippen molar-refractivity contribution in [2.24, 2.45) is 11.5 Å². The van der Waals surface area contributed by atoms with Crippen LogP contribution in [0.3, 0.4) is 0 Å². The standard InChI is InChI=1S/C19H31N5O4/c1-12(13-7-9-14(25)10-8-13)24(18(27)28-19(2,3)4)15(16(20)26)6-5-11-23-17(21)22/h7-10,12,15,25H,5-6,11H2,1-4H3,(H2,20,26)(H4,21,22,23)/t12?,15-/m1/s1. The predicted octanol–water partition coefficient (Wildman–Crippen LogP) is 1.81. The molecule has 0 aliphatic rings. The molecule has 0 saturated heterocycles. The van der Waals surface area contributed by atoms with Crippen molar-refractivity contribution in [3.63, 3.8) is 0 Å². The van der Waals surface area contributed by atoms with Crippen molar-refractivity contribution < 1.29 is 19.4 Å². The number of nitrogens with zero attached hydrogens (tertiary/aromatic N) is 1. The van der Waals surface area contributed by atoms with Gasteiger partial charge in [-0.05, 0) is 58.2 Å². The molecule has 1 aromatic carbocycles. The van der Waals surface area contributed by atoms with E-state index in [-0.39, 0.29) is 18.1 Å². The zero-order valence-electron chi connectivity index (χ0n) is 16.9. The summed E-state index contributed by atoms with van der Waals surface area (Å²) in [5.74, 6) is -0.724. The second-order valence-corrected chi connectivity index (χ2v) is 7.56. The first-order valence-electron chi connectivity index (χ1n) is 9.10. The van der Waals surface area contributed by atoms with E-state index < -0.39 is 29.7 Å². The lowest BCUT2D eigenvalue weighted by Crippen LogP contribution is -2.50. The Morgan fingerprint density at radius 1 is 1.25 bits per heavy atom. The van der Waals surface area contributed by atoms with Gasteiger partial charge in [0.2, 0.25) is 5.91 Å². The van der Waals surface area contributed by atoms with Crippen LogP contribution in [0, 0.1) is 5.41 Å². The second-order valence-electron chi connectivity index (χ2n) is 7.56. The maximum absolute atomic E-state index is 12.9. The number of hydrogen-bond donors (Lipinski definition) is 5. The molecule has 0 heterocycles. The van der Waals surface area contributed by atoms with Crippen molar-refractivity contribution in [2.45, 2.75) is 58.2 Å². The van der Waals surface area contributed by atoms with E-state index >= 15 is 0 Å². The number of nitrogens with two attached hydrogens (primary N) is 2. The Balaban J connectivity index is 3.13. The number of benzene rings is 1. The lowest BCUT2D eigenvalue weighted by atomic mass is 10.0. The van der Waals surface area contributed by atoms with Crippen molar-refractivity contribution in [3.8, 4) is 5.75 Å². The highest BCUT2D eigenvalue weighted by Crippen LogP contribution is 2.28. The second kappa shape index (κ2) is 9.82. The molecule has 1 aromatic rings. The van der Waals surface area contributed by atoms with E-state index in [4.69, 9.17) is 21.6 Å². The molecule has 9 heteroatoms. The summed E-state index contributed by atoms with van der Waals surface area (Å²) in [4.78, 5) is 26.4. The van der Waals surface area contributed by atoms with Gasteiger partial charge in [0.05, 0.1) is 6.04 Å². The minimum Gasteiger partial charge on any atom is -0.508 e. The maximum Gasteiger partial charge on any atom is 0.411 e. The average Bonchev–Trinajstić information content (AvgIpc) is 2.55. The number of nitrogens with one attached hydrogen (secondary N) is 2. The monoisotopic (exact) mass is 393 g/mol. The van der Waals surface area contributed by atoms with Gasteiger partial charge in [0.15, 0.2) is 5.96 Å². The summed E-state index contributed by atoms with van der Waals surface area (Å²) in [7, 11) is 0. The molecule has 0 spiro atoms. The number of phenols is 1. The van der Waals surface area contributed by atoms with E-state index in [1.54, 1.807) is 39.8 Å². The number of aromatic hydroxyl groups is 1. The predicted molar refractivity (Wildman–Crippen MR) is 107 cm³/mol. The van der Waals surface area contributed by atoms with Crippen LogP contribution in [0.25, 0.3) is 0 Å². The van der Waals surface area contributed by atoms with Crippen molar-refractivity contribution in [3.05, 3.63) is 29.8 Å². The maximum atomic E-state index is 12.9. The van der Waals surface area contributed by atoms with Gasteiger partial charge in [-0.1, -0.05) is 12.1 Å². The van der Waals surface area contributed by atoms with E-state index in [1.165, 1.54) is 17.0 Å². The SMILES string of the molecule is CC(c1ccc(O)cc1)N(C(=O)OC(C)(C)C)[C@H](CCCNC(=N)N)C(N)=O. The highest BCUT2D eigenvalue weighted by atomic mass is 16.6. The molecule has 0 radical (unpaired) electrons. The lowest BCUT2D eigenvalue weighted by molar-refractivity contribution is -0.124. The normalized spacial score (nSPS) is 13.3. The fourth-order valence-corrected chi connectivity index (χ4v) is 2.72. The molecule has 1 unspecified atom stereocenters. The summed E-state index contributed by atoms with van der Waals surface area (Å²) in [5, 5.41) is 19.4. The van der Waals surface area contributed by atoms with Crippen LogP contribution in [0.5, 0.6) is 5.75 Å². The molecule has 2 amide bonds.